The molecule has 6 nitrogen and oxygen atoms in total. The smallest absolute Gasteiger partial charge is 0.374 e. The van der Waals surface area contributed by atoms with Crippen LogP contribution in [0.1, 0.15) is 48.1 Å². The first-order valence-corrected chi connectivity index (χ1v) is 5.99. The number of ketones is 2. The van der Waals surface area contributed by atoms with E-state index in [1.807, 2.05) is 13.8 Å². The number of ether oxygens (including phenoxy) is 1. The molecule has 0 unspecified atom stereocenters. The first-order valence-electron chi connectivity index (χ1n) is 5.99. The molecule has 0 aliphatic carbocycles. The van der Waals surface area contributed by atoms with Crippen LogP contribution in [-0.2, 0) is 14.3 Å². The normalized spacial score (nSPS) is 10.6. The lowest BCUT2D eigenvalue weighted by Gasteiger charge is -2.08. The molecule has 0 bridgehead atoms. The molecular weight excluding hydrogens is 248 g/mol. The van der Waals surface area contributed by atoms with E-state index in [-0.39, 0.29) is 6.04 Å². The molecule has 0 saturated carbocycles. The zero-order chi connectivity index (χ0) is 14.7. The van der Waals surface area contributed by atoms with Crippen LogP contribution >= 0.6 is 0 Å². The number of carbonyl (C=O) groups is 3. The highest BCUT2D eigenvalue weighted by Crippen LogP contribution is 2.18. The summed E-state index contributed by atoms with van der Waals surface area (Å²) in [6.07, 6.45) is -0.488. The number of aromatic nitrogens is 2. The Labute approximate surface area is 111 Å². The van der Waals surface area contributed by atoms with Crippen LogP contribution in [0.25, 0.3) is 0 Å². The van der Waals surface area contributed by atoms with Gasteiger partial charge in [-0.05, 0) is 27.7 Å². The van der Waals surface area contributed by atoms with Crippen molar-refractivity contribution in [1.82, 2.24) is 9.78 Å². The van der Waals surface area contributed by atoms with Gasteiger partial charge in [-0.3, -0.25) is 14.3 Å². The van der Waals surface area contributed by atoms with Crippen molar-refractivity contribution in [2.24, 2.45) is 0 Å². The Morgan fingerprint density at radius 3 is 2.26 bits per heavy atom. The van der Waals surface area contributed by atoms with Gasteiger partial charge in [-0.1, -0.05) is 0 Å². The zero-order valence-corrected chi connectivity index (χ0v) is 11.8. The van der Waals surface area contributed by atoms with Crippen LogP contribution in [0.3, 0.4) is 0 Å². The van der Waals surface area contributed by atoms with Gasteiger partial charge in [-0.2, -0.15) is 5.10 Å². The van der Waals surface area contributed by atoms with Crippen LogP contribution in [0.2, 0.25) is 0 Å². The molecule has 0 spiro atoms. The largest absolute Gasteiger partial charge is 0.463 e. The fourth-order valence-corrected chi connectivity index (χ4v) is 1.99. The van der Waals surface area contributed by atoms with Gasteiger partial charge in [0.1, 0.15) is 0 Å². The van der Waals surface area contributed by atoms with Crippen molar-refractivity contribution < 1.29 is 19.1 Å². The van der Waals surface area contributed by atoms with E-state index in [1.165, 1.54) is 0 Å². The summed E-state index contributed by atoms with van der Waals surface area (Å²) >= 11 is 0. The van der Waals surface area contributed by atoms with E-state index in [0.29, 0.717) is 17.0 Å². The number of Topliss-reactive ketones (excluding diaryl/α,β-unsaturated/α-hetero) is 2. The molecule has 6 heteroatoms. The van der Waals surface area contributed by atoms with Gasteiger partial charge in [0.15, 0.2) is 5.78 Å². The van der Waals surface area contributed by atoms with Gasteiger partial charge in [-0.15, -0.1) is 0 Å². The number of methoxy groups -OCH3 is 1. The fourth-order valence-electron chi connectivity index (χ4n) is 1.99. The summed E-state index contributed by atoms with van der Waals surface area (Å²) in [5.74, 6) is -2.25. The number of nitrogens with zero attached hydrogens (tertiary/aromatic N) is 2. The van der Waals surface area contributed by atoms with E-state index < -0.39 is 24.0 Å². The lowest BCUT2D eigenvalue weighted by atomic mass is 10.0. The third kappa shape index (κ3) is 3.07. The molecular formula is C13H18N2O4. The molecule has 19 heavy (non-hydrogen) atoms. The zero-order valence-electron chi connectivity index (χ0n) is 11.8. The average Bonchev–Trinajstić information content (AvgIpc) is 2.63. The van der Waals surface area contributed by atoms with E-state index in [9.17, 15) is 14.4 Å². The summed E-state index contributed by atoms with van der Waals surface area (Å²) < 4.78 is 6.02. The van der Waals surface area contributed by atoms with Crippen LogP contribution in [0, 0.1) is 13.8 Å². The SMILES string of the molecule is COC(=O)C(=O)CC(=O)c1c(C)nn(C(C)C)c1C. The van der Waals surface area contributed by atoms with Gasteiger partial charge in [0, 0.05) is 11.7 Å². The van der Waals surface area contributed by atoms with Crippen molar-refractivity contribution in [2.75, 3.05) is 7.11 Å². The molecule has 0 aliphatic rings. The lowest BCUT2D eigenvalue weighted by molar-refractivity contribution is -0.151. The van der Waals surface area contributed by atoms with Gasteiger partial charge in [-0.25, -0.2) is 4.79 Å². The Morgan fingerprint density at radius 2 is 1.84 bits per heavy atom. The predicted octanol–water partition coefficient (Wildman–Crippen LogP) is 1.40. The van der Waals surface area contributed by atoms with Gasteiger partial charge < -0.3 is 4.74 Å². The number of hydrogen-bond acceptors (Lipinski definition) is 5. The molecule has 0 fully saturated rings. The second-order valence-corrected chi connectivity index (χ2v) is 4.60. The highest BCUT2D eigenvalue weighted by Gasteiger charge is 2.24. The minimum Gasteiger partial charge on any atom is -0.463 e. The van der Waals surface area contributed by atoms with Crippen LogP contribution in [0.4, 0.5) is 0 Å². The molecule has 0 atom stereocenters. The summed E-state index contributed by atoms with van der Waals surface area (Å²) in [6, 6.07) is 0.122. The van der Waals surface area contributed by atoms with E-state index in [4.69, 9.17) is 0 Å². The molecule has 1 aromatic rings. The van der Waals surface area contributed by atoms with Gasteiger partial charge in [0.2, 0.25) is 5.78 Å². The summed E-state index contributed by atoms with van der Waals surface area (Å²) in [5.41, 5.74) is 1.68. The van der Waals surface area contributed by atoms with Gasteiger partial charge >= 0.3 is 5.97 Å². The summed E-state index contributed by atoms with van der Waals surface area (Å²) in [4.78, 5) is 34.5. The maximum Gasteiger partial charge on any atom is 0.374 e. The van der Waals surface area contributed by atoms with Crippen LogP contribution in [0.15, 0.2) is 0 Å². The Bertz CT molecular complexity index is 529. The number of aryl methyl sites for hydroxylation is 1. The van der Waals surface area contributed by atoms with Crippen LogP contribution in [-0.4, -0.2) is 34.4 Å². The van der Waals surface area contributed by atoms with Crippen LogP contribution in [0.5, 0.6) is 0 Å². The van der Waals surface area contributed by atoms with Gasteiger partial charge in [0.05, 0.1) is 24.8 Å². The minimum absolute atomic E-state index is 0.122. The Hall–Kier alpha value is -1.98. The second kappa shape index (κ2) is 5.77. The molecule has 0 radical (unpaired) electrons. The Kier molecular flexibility index (Phi) is 4.58. The van der Waals surface area contributed by atoms with Gasteiger partial charge in [0.25, 0.3) is 0 Å². The van der Waals surface area contributed by atoms with E-state index >= 15 is 0 Å². The number of hydrogen-bond donors (Lipinski definition) is 0. The molecule has 0 aliphatic heterocycles. The van der Waals surface area contributed by atoms with Crippen molar-refractivity contribution >= 4 is 17.5 Å². The topological polar surface area (TPSA) is 78.3 Å². The summed E-state index contributed by atoms with van der Waals surface area (Å²) in [7, 11) is 1.11. The van der Waals surface area contributed by atoms with Crippen LogP contribution < -0.4 is 0 Å². The first kappa shape index (κ1) is 15.1. The molecule has 0 aromatic carbocycles. The number of esters is 1. The average molecular weight is 266 g/mol. The molecule has 1 heterocycles. The van der Waals surface area contributed by atoms with Crippen molar-refractivity contribution in [1.29, 1.82) is 0 Å². The standard InChI is InChI=1S/C13H18N2O4/c1-7(2)15-9(4)12(8(3)14-15)10(16)6-11(17)13(18)19-5/h7H,6H2,1-5H3. The summed E-state index contributed by atoms with van der Waals surface area (Å²) in [6.45, 7) is 7.39. The second-order valence-electron chi connectivity index (χ2n) is 4.60. The van der Waals surface area contributed by atoms with E-state index in [0.717, 1.165) is 7.11 Å². The molecule has 0 N–H and O–H groups in total. The van der Waals surface area contributed by atoms with Crippen molar-refractivity contribution in [2.45, 2.75) is 40.2 Å². The predicted molar refractivity (Wildman–Crippen MR) is 68.1 cm³/mol. The highest BCUT2D eigenvalue weighted by molar-refractivity contribution is 6.38. The highest BCUT2D eigenvalue weighted by atomic mass is 16.5. The minimum atomic E-state index is -1.00. The summed E-state index contributed by atoms with van der Waals surface area (Å²) in [5, 5.41) is 4.27. The molecule has 104 valence electrons. The fraction of sp³-hybridized carbons (Fsp3) is 0.538. The van der Waals surface area contributed by atoms with E-state index in [2.05, 4.69) is 9.84 Å². The maximum absolute atomic E-state index is 12.1. The molecule has 0 saturated heterocycles. The molecule has 0 amide bonds. The number of carbonyl (C=O) groups excluding carboxylic acids is 3. The van der Waals surface area contributed by atoms with Crippen molar-refractivity contribution in [3.63, 3.8) is 0 Å². The monoisotopic (exact) mass is 266 g/mol. The Balaban J connectivity index is 3.01. The third-order valence-electron chi connectivity index (χ3n) is 2.83. The molecule has 1 rings (SSSR count). The number of rotatable bonds is 5. The Morgan fingerprint density at radius 1 is 1.26 bits per heavy atom. The van der Waals surface area contributed by atoms with Crippen molar-refractivity contribution in [3.05, 3.63) is 17.0 Å². The maximum atomic E-state index is 12.1. The quantitative estimate of drug-likeness (QED) is 0.348. The third-order valence-corrected chi connectivity index (χ3v) is 2.83. The van der Waals surface area contributed by atoms with E-state index in [1.54, 1.807) is 18.5 Å². The first-order chi connectivity index (χ1) is 8.79. The molecule has 1 aromatic heterocycles. The lowest BCUT2D eigenvalue weighted by Crippen LogP contribution is -2.20. The van der Waals surface area contributed by atoms with Crippen molar-refractivity contribution in [3.8, 4) is 0 Å².